The Morgan fingerprint density at radius 1 is 1.47 bits per heavy atom. The van der Waals surface area contributed by atoms with Crippen molar-refractivity contribution in [3.63, 3.8) is 0 Å². The molecular weight excluding hydrogens is 258 g/mol. The molecule has 90 valence electrons. The summed E-state index contributed by atoms with van der Waals surface area (Å²) in [7, 11) is 1.89. The Balaban J connectivity index is 2.05. The fourth-order valence-corrected chi connectivity index (χ4v) is 2.50. The molecule has 0 atom stereocenters. The van der Waals surface area contributed by atoms with Crippen molar-refractivity contribution in [1.82, 2.24) is 14.5 Å². The van der Waals surface area contributed by atoms with Gasteiger partial charge in [-0.2, -0.15) is 0 Å². The van der Waals surface area contributed by atoms with Crippen LogP contribution < -0.4 is 0 Å². The summed E-state index contributed by atoms with van der Waals surface area (Å²) < 4.78 is 1.88. The summed E-state index contributed by atoms with van der Waals surface area (Å²) in [5.74, 6) is 0.776. The van der Waals surface area contributed by atoms with Gasteiger partial charge in [-0.25, -0.2) is 9.97 Å². The quantitative estimate of drug-likeness (QED) is 0.683. The molecule has 0 saturated heterocycles. The number of hydrogen-bond acceptors (Lipinski definition) is 4. The lowest BCUT2D eigenvalue weighted by Gasteiger charge is -2.04. The molecule has 0 aliphatic rings. The lowest BCUT2D eigenvalue weighted by molar-refractivity contribution is 0.271. The molecule has 2 aromatic rings. The van der Waals surface area contributed by atoms with Crippen LogP contribution in [-0.4, -0.2) is 19.6 Å². The molecule has 17 heavy (non-hydrogen) atoms. The maximum Gasteiger partial charge on any atom is 0.168 e. The van der Waals surface area contributed by atoms with E-state index in [-0.39, 0.29) is 6.61 Å². The first-order valence-electron chi connectivity index (χ1n) is 5.05. The van der Waals surface area contributed by atoms with Crippen LogP contribution in [-0.2, 0) is 19.4 Å². The van der Waals surface area contributed by atoms with Gasteiger partial charge >= 0.3 is 0 Å². The summed E-state index contributed by atoms with van der Waals surface area (Å²) in [6.07, 6.45) is 3.37. The number of thioether (sulfide) groups is 1. The summed E-state index contributed by atoms with van der Waals surface area (Å²) in [6.45, 7) is 0.00510. The van der Waals surface area contributed by atoms with Crippen molar-refractivity contribution in [2.24, 2.45) is 7.05 Å². The number of aromatic nitrogens is 3. The van der Waals surface area contributed by atoms with E-state index in [1.807, 2.05) is 23.7 Å². The number of rotatable bonds is 4. The molecule has 0 aromatic carbocycles. The van der Waals surface area contributed by atoms with Gasteiger partial charge in [0.1, 0.15) is 5.15 Å². The fraction of sp³-hybridized carbons (Fsp3) is 0.273. The van der Waals surface area contributed by atoms with Crippen molar-refractivity contribution < 1.29 is 5.11 Å². The van der Waals surface area contributed by atoms with Gasteiger partial charge in [0.15, 0.2) is 5.16 Å². The Morgan fingerprint density at radius 2 is 2.29 bits per heavy atom. The zero-order chi connectivity index (χ0) is 12.3. The normalized spacial score (nSPS) is 10.8. The summed E-state index contributed by atoms with van der Waals surface area (Å²) >= 11 is 7.41. The number of halogens is 1. The highest BCUT2D eigenvalue weighted by molar-refractivity contribution is 7.98. The Bertz CT molecular complexity index is 515. The van der Waals surface area contributed by atoms with Crippen molar-refractivity contribution in [2.45, 2.75) is 17.5 Å². The Hall–Kier alpha value is -1.04. The van der Waals surface area contributed by atoms with Crippen molar-refractivity contribution >= 4 is 23.4 Å². The van der Waals surface area contributed by atoms with Gasteiger partial charge in [0.05, 0.1) is 18.5 Å². The topological polar surface area (TPSA) is 50.9 Å². The first-order chi connectivity index (χ1) is 8.20. The SMILES string of the molecule is Cn1c(CO)cnc1SCc1ccnc(Cl)c1. The predicted molar refractivity (Wildman–Crippen MR) is 67.9 cm³/mol. The predicted octanol–water partition coefficient (Wildman–Crippen LogP) is 2.25. The lowest BCUT2D eigenvalue weighted by atomic mass is 10.3. The van der Waals surface area contributed by atoms with Gasteiger partial charge in [0.2, 0.25) is 0 Å². The molecule has 0 spiro atoms. The second-order valence-corrected chi connectivity index (χ2v) is 4.85. The summed E-state index contributed by atoms with van der Waals surface area (Å²) in [4.78, 5) is 8.17. The smallest absolute Gasteiger partial charge is 0.168 e. The molecule has 0 radical (unpaired) electrons. The third-order valence-electron chi connectivity index (χ3n) is 2.36. The highest BCUT2D eigenvalue weighted by Crippen LogP contribution is 2.22. The van der Waals surface area contributed by atoms with Gasteiger partial charge in [-0.1, -0.05) is 23.4 Å². The first kappa shape index (κ1) is 12.4. The van der Waals surface area contributed by atoms with Crippen molar-refractivity contribution in [3.05, 3.63) is 40.9 Å². The second-order valence-electron chi connectivity index (χ2n) is 3.52. The molecule has 0 fully saturated rings. The average Bonchev–Trinajstić information content (AvgIpc) is 2.67. The third kappa shape index (κ3) is 3.00. The highest BCUT2D eigenvalue weighted by Gasteiger charge is 2.06. The Morgan fingerprint density at radius 3 is 2.94 bits per heavy atom. The number of pyridine rings is 1. The van der Waals surface area contributed by atoms with E-state index in [0.717, 1.165) is 22.2 Å². The highest BCUT2D eigenvalue weighted by atomic mass is 35.5. The van der Waals surface area contributed by atoms with E-state index >= 15 is 0 Å². The molecule has 0 saturated carbocycles. The van der Waals surface area contributed by atoms with E-state index in [2.05, 4.69) is 9.97 Å². The van der Waals surface area contributed by atoms with Gasteiger partial charge in [-0.05, 0) is 17.7 Å². The van der Waals surface area contributed by atoms with Gasteiger partial charge < -0.3 is 9.67 Å². The number of aliphatic hydroxyl groups is 1. The molecule has 2 heterocycles. The molecule has 0 bridgehead atoms. The van der Waals surface area contributed by atoms with E-state index in [4.69, 9.17) is 16.7 Å². The summed E-state index contributed by atoms with van der Waals surface area (Å²) in [6, 6.07) is 3.76. The second kappa shape index (κ2) is 5.53. The maximum absolute atomic E-state index is 9.06. The van der Waals surface area contributed by atoms with E-state index in [9.17, 15) is 0 Å². The van der Waals surface area contributed by atoms with E-state index in [1.165, 1.54) is 0 Å². The van der Waals surface area contributed by atoms with Crippen LogP contribution in [0.15, 0.2) is 29.7 Å². The van der Waals surface area contributed by atoms with Crippen LogP contribution >= 0.6 is 23.4 Å². The maximum atomic E-state index is 9.06. The summed E-state index contributed by atoms with van der Waals surface area (Å²) in [5.41, 5.74) is 1.91. The number of imidazole rings is 1. The number of hydrogen-bond donors (Lipinski definition) is 1. The number of nitrogens with zero attached hydrogens (tertiary/aromatic N) is 3. The molecule has 2 aromatic heterocycles. The third-order valence-corrected chi connectivity index (χ3v) is 3.68. The number of aliphatic hydroxyl groups excluding tert-OH is 1. The van der Waals surface area contributed by atoms with Crippen molar-refractivity contribution in [3.8, 4) is 0 Å². The van der Waals surface area contributed by atoms with E-state index in [1.54, 1.807) is 24.2 Å². The van der Waals surface area contributed by atoms with Gasteiger partial charge in [0, 0.05) is 19.0 Å². The van der Waals surface area contributed by atoms with Gasteiger partial charge in [-0.15, -0.1) is 0 Å². The molecule has 0 amide bonds. The molecule has 0 unspecified atom stereocenters. The van der Waals surface area contributed by atoms with Crippen LogP contribution in [0.4, 0.5) is 0 Å². The Kier molecular flexibility index (Phi) is 4.04. The minimum absolute atomic E-state index is 0.00510. The molecule has 0 aliphatic heterocycles. The van der Waals surface area contributed by atoms with Crippen LogP contribution in [0.3, 0.4) is 0 Å². The molecule has 2 rings (SSSR count). The molecule has 6 heteroatoms. The van der Waals surface area contributed by atoms with Gasteiger partial charge in [0.25, 0.3) is 0 Å². The minimum Gasteiger partial charge on any atom is -0.390 e. The van der Waals surface area contributed by atoms with Crippen LogP contribution in [0.1, 0.15) is 11.3 Å². The van der Waals surface area contributed by atoms with Crippen LogP contribution in [0.25, 0.3) is 0 Å². The van der Waals surface area contributed by atoms with E-state index < -0.39 is 0 Å². The largest absolute Gasteiger partial charge is 0.390 e. The summed E-state index contributed by atoms with van der Waals surface area (Å²) in [5, 5.41) is 10.4. The zero-order valence-electron chi connectivity index (χ0n) is 9.30. The Labute approximate surface area is 109 Å². The van der Waals surface area contributed by atoms with Crippen LogP contribution in [0.5, 0.6) is 0 Å². The van der Waals surface area contributed by atoms with E-state index in [0.29, 0.717) is 5.15 Å². The van der Waals surface area contributed by atoms with Crippen LogP contribution in [0.2, 0.25) is 5.15 Å². The monoisotopic (exact) mass is 269 g/mol. The first-order valence-corrected chi connectivity index (χ1v) is 6.41. The van der Waals surface area contributed by atoms with Crippen molar-refractivity contribution in [2.75, 3.05) is 0 Å². The minimum atomic E-state index is 0.00510. The average molecular weight is 270 g/mol. The lowest BCUT2D eigenvalue weighted by Crippen LogP contribution is -1.97. The molecule has 1 N–H and O–H groups in total. The molecule has 0 aliphatic carbocycles. The molecular formula is C11H12ClN3OS. The van der Waals surface area contributed by atoms with Crippen LogP contribution in [0, 0.1) is 0 Å². The molecule has 4 nitrogen and oxygen atoms in total. The van der Waals surface area contributed by atoms with Crippen molar-refractivity contribution in [1.29, 1.82) is 0 Å². The fourth-order valence-electron chi connectivity index (χ4n) is 1.39. The standard InChI is InChI=1S/C11H12ClN3OS/c1-15-9(6-16)5-14-11(15)17-7-8-2-3-13-10(12)4-8/h2-5,16H,6-7H2,1H3. The zero-order valence-corrected chi connectivity index (χ0v) is 10.9. The van der Waals surface area contributed by atoms with Gasteiger partial charge in [-0.3, -0.25) is 0 Å².